The molecule has 1 fully saturated rings. The summed E-state index contributed by atoms with van der Waals surface area (Å²) in [7, 11) is 0. The highest BCUT2D eigenvalue weighted by Crippen LogP contribution is 2.39. The average molecular weight is 363 g/mol. The van der Waals surface area contributed by atoms with Crippen LogP contribution in [0.15, 0.2) is 35.2 Å². The molecule has 2 aliphatic rings. The summed E-state index contributed by atoms with van der Waals surface area (Å²) >= 11 is 1.30. The predicted octanol–water partition coefficient (Wildman–Crippen LogP) is 0.149. The van der Waals surface area contributed by atoms with Crippen LogP contribution in [0.2, 0.25) is 0 Å². The van der Waals surface area contributed by atoms with Gasteiger partial charge in [-0.2, -0.15) is 0 Å². The quantitative estimate of drug-likeness (QED) is 0.560. The number of β-lactam (4-membered cyclic amide) rings is 1. The number of fused-ring (bicyclic) bond motifs is 1. The number of carboxylic acid groups (broad SMARTS) is 1. The van der Waals surface area contributed by atoms with Gasteiger partial charge in [0.1, 0.15) is 23.2 Å². The second-order valence-corrected chi connectivity index (χ2v) is 6.92. The minimum atomic E-state index is -1.10. The predicted molar refractivity (Wildman–Crippen MR) is 90.4 cm³/mol. The molecular weight excluding hydrogens is 346 g/mol. The number of carboxylic acids is 1. The maximum absolute atomic E-state index is 12.3. The number of nitrogens with two attached hydrogens (primary N) is 1. The van der Waals surface area contributed by atoms with Gasteiger partial charge in [-0.1, -0.05) is 12.1 Å². The minimum Gasteiger partial charge on any atom is -0.508 e. The highest BCUT2D eigenvalue weighted by atomic mass is 32.2. The summed E-state index contributed by atoms with van der Waals surface area (Å²) in [5.41, 5.74) is 6.97. The van der Waals surface area contributed by atoms with Crippen molar-refractivity contribution >= 4 is 29.5 Å². The van der Waals surface area contributed by atoms with E-state index in [0.717, 1.165) is 0 Å². The van der Waals surface area contributed by atoms with E-state index in [1.54, 1.807) is 12.3 Å². The molecule has 0 bridgehead atoms. The first-order valence-electron chi connectivity index (χ1n) is 7.53. The van der Waals surface area contributed by atoms with Crippen LogP contribution in [0.3, 0.4) is 0 Å². The molecule has 1 aromatic rings. The van der Waals surface area contributed by atoms with Gasteiger partial charge >= 0.3 is 5.97 Å². The third kappa shape index (κ3) is 2.96. The Kier molecular flexibility index (Phi) is 4.44. The number of hydrogen-bond donors (Lipinski definition) is 4. The van der Waals surface area contributed by atoms with Gasteiger partial charge in [-0.3, -0.25) is 9.59 Å². The number of aliphatic carboxylic acids is 1. The van der Waals surface area contributed by atoms with Crippen LogP contribution in [0.1, 0.15) is 18.5 Å². The summed E-state index contributed by atoms with van der Waals surface area (Å²) < 4.78 is 0. The summed E-state index contributed by atoms with van der Waals surface area (Å²) in [6.07, 6.45) is 0. The van der Waals surface area contributed by atoms with Gasteiger partial charge < -0.3 is 26.2 Å². The maximum atomic E-state index is 12.3. The molecule has 9 heteroatoms. The van der Waals surface area contributed by atoms with Crippen LogP contribution in [0, 0.1) is 0 Å². The Morgan fingerprint density at radius 1 is 1.32 bits per heavy atom. The monoisotopic (exact) mass is 363 g/mol. The van der Waals surface area contributed by atoms with E-state index in [1.807, 2.05) is 0 Å². The molecule has 0 aromatic heterocycles. The number of hydrogen-bond acceptors (Lipinski definition) is 6. The third-order valence-corrected chi connectivity index (χ3v) is 5.54. The summed E-state index contributed by atoms with van der Waals surface area (Å²) in [6, 6.07) is 3.07. The van der Waals surface area contributed by atoms with E-state index in [0.29, 0.717) is 11.1 Å². The Balaban J connectivity index is 1.70. The average Bonchev–Trinajstić information content (AvgIpc) is 2.58. The molecule has 4 atom stereocenters. The lowest BCUT2D eigenvalue weighted by Crippen LogP contribution is -2.74. The molecule has 0 radical (unpaired) electrons. The van der Waals surface area contributed by atoms with Crippen molar-refractivity contribution in [1.29, 1.82) is 0 Å². The summed E-state index contributed by atoms with van der Waals surface area (Å²) in [6.45, 7) is 1.65. The fourth-order valence-electron chi connectivity index (χ4n) is 2.89. The number of rotatable bonds is 4. The Hall–Kier alpha value is -2.52. The molecule has 132 valence electrons. The number of amides is 2. The van der Waals surface area contributed by atoms with Crippen molar-refractivity contribution in [2.45, 2.75) is 30.4 Å². The highest BCUT2D eigenvalue weighted by Gasteiger charge is 2.55. The zero-order chi connectivity index (χ0) is 18.3. The van der Waals surface area contributed by atoms with Crippen molar-refractivity contribution < 1.29 is 24.6 Å². The second-order valence-electron chi connectivity index (χ2n) is 5.93. The summed E-state index contributed by atoms with van der Waals surface area (Å²) in [4.78, 5) is 37.3. The molecule has 3 rings (SSSR count). The van der Waals surface area contributed by atoms with Gasteiger partial charge in [0.15, 0.2) is 6.04 Å². The van der Waals surface area contributed by atoms with E-state index in [2.05, 4.69) is 5.32 Å². The molecule has 1 aromatic carbocycles. The Bertz CT molecular complexity index is 764. The lowest BCUT2D eigenvalue weighted by Gasteiger charge is -2.51. The first-order chi connectivity index (χ1) is 11.8. The van der Waals surface area contributed by atoms with Gasteiger partial charge in [-0.05, 0) is 35.6 Å². The molecule has 2 aliphatic heterocycles. The molecule has 8 nitrogen and oxygen atoms in total. The highest BCUT2D eigenvalue weighted by molar-refractivity contribution is 8.02. The van der Waals surface area contributed by atoms with E-state index in [9.17, 15) is 24.6 Å². The number of phenols is 1. The summed E-state index contributed by atoms with van der Waals surface area (Å²) in [5, 5.41) is 22.4. The smallest absolute Gasteiger partial charge is 0.330 e. The molecule has 0 saturated carbocycles. The van der Waals surface area contributed by atoms with E-state index in [4.69, 9.17) is 5.73 Å². The molecule has 2 amide bonds. The molecule has 0 spiro atoms. The van der Waals surface area contributed by atoms with Gasteiger partial charge in [0.25, 0.3) is 0 Å². The number of benzene rings is 1. The lowest BCUT2D eigenvalue weighted by molar-refractivity contribution is -0.160. The molecule has 5 N–H and O–H groups in total. The van der Waals surface area contributed by atoms with Gasteiger partial charge in [0.05, 0.1) is 0 Å². The number of nitrogens with zero attached hydrogens (tertiary/aromatic N) is 1. The van der Waals surface area contributed by atoms with Crippen LogP contribution >= 0.6 is 11.8 Å². The Labute approximate surface area is 147 Å². The fourth-order valence-corrected chi connectivity index (χ4v) is 4.07. The van der Waals surface area contributed by atoms with Crippen LogP contribution < -0.4 is 11.1 Å². The number of phenolic OH excluding ortho intramolecular Hbond substituents is 1. The first kappa shape index (κ1) is 17.3. The Morgan fingerprint density at radius 3 is 2.56 bits per heavy atom. The van der Waals surface area contributed by atoms with Crippen molar-refractivity contribution in [2.24, 2.45) is 5.73 Å². The Morgan fingerprint density at radius 2 is 1.96 bits per heavy atom. The van der Waals surface area contributed by atoms with E-state index in [1.165, 1.54) is 40.9 Å². The second kappa shape index (κ2) is 6.41. The normalized spacial score (nSPS) is 26.2. The van der Waals surface area contributed by atoms with E-state index >= 15 is 0 Å². The largest absolute Gasteiger partial charge is 0.508 e. The zero-order valence-corrected chi connectivity index (χ0v) is 14.1. The van der Waals surface area contributed by atoms with Gasteiger partial charge in [-0.25, -0.2) is 4.79 Å². The molecule has 1 saturated heterocycles. The van der Waals surface area contributed by atoms with Crippen LogP contribution in [-0.4, -0.2) is 50.4 Å². The van der Waals surface area contributed by atoms with Crippen LogP contribution in [0.4, 0.5) is 0 Å². The van der Waals surface area contributed by atoms with Crippen molar-refractivity contribution in [2.75, 3.05) is 0 Å². The van der Waals surface area contributed by atoms with Crippen LogP contribution in [-0.2, 0) is 14.4 Å². The lowest BCUT2D eigenvalue weighted by atomic mass is 9.98. The molecule has 0 aliphatic carbocycles. The van der Waals surface area contributed by atoms with Gasteiger partial charge in [0, 0.05) is 0 Å². The van der Waals surface area contributed by atoms with Gasteiger partial charge in [0.2, 0.25) is 11.8 Å². The maximum Gasteiger partial charge on any atom is 0.330 e. The SMILES string of the molecule is CC1=CS[C@@H]2[C@H](NC(=O)[C@H](N)c3ccc(O)cc3)C(=O)N2C1C(=O)O. The molecule has 2 heterocycles. The first-order valence-corrected chi connectivity index (χ1v) is 8.47. The number of nitrogens with one attached hydrogen (secondary N) is 1. The standard InChI is InChI=1S/C16H17N3O5S/c1-7-6-25-15-11(14(22)19(15)12(7)16(23)24)18-13(21)10(17)8-2-4-9(20)5-3-8/h2-6,10-12,15,20H,17H2,1H3,(H,18,21)(H,23,24)/t10-,11-,12?,15-/m1/s1. The number of thioether (sulfide) groups is 1. The van der Waals surface area contributed by atoms with Crippen molar-refractivity contribution in [1.82, 2.24) is 10.2 Å². The number of carbonyl (C=O) groups excluding carboxylic acids is 2. The van der Waals surface area contributed by atoms with Crippen molar-refractivity contribution in [3.8, 4) is 5.75 Å². The third-order valence-electron chi connectivity index (χ3n) is 4.25. The number of carbonyl (C=O) groups is 3. The van der Waals surface area contributed by atoms with Crippen molar-refractivity contribution in [3.63, 3.8) is 0 Å². The topological polar surface area (TPSA) is 133 Å². The van der Waals surface area contributed by atoms with Crippen LogP contribution in [0.25, 0.3) is 0 Å². The molecule has 1 unspecified atom stereocenters. The van der Waals surface area contributed by atoms with Crippen molar-refractivity contribution in [3.05, 3.63) is 40.8 Å². The summed E-state index contributed by atoms with van der Waals surface area (Å²) in [5.74, 6) is -2.02. The van der Waals surface area contributed by atoms with Gasteiger partial charge in [-0.15, -0.1) is 11.8 Å². The van der Waals surface area contributed by atoms with E-state index in [-0.39, 0.29) is 5.75 Å². The zero-order valence-electron chi connectivity index (χ0n) is 13.2. The fraction of sp³-hybridized carbons (Fsp3) is 0.312. The van der Waals surface area contributed by atoms with Crippen LogP contribution in [0.5, 0.6) is 5.75 Å². The molecule has 25 heavy (non-hydrogen) atoms. The minimum absolute atomic E-state index is 0.0571. The van der Waals surface area contributed by atoms with E-state index < -0.39 is 41.3 Å². The number of aromatic hydroxyl groups is 1. The molecular formula is C16H17N3O5S.